The maximum Gasteiger partial charge on any atom is 0.249 e. The monoisotopic (exact) mass is 478 g/mol. The van der Waals surface area contributed by atoms with Gasteiger partial charge in [-0.1, -0.05) is 51.1 Å². The van der Waals surface area contributed by atoms with E-state index in [4.69, 9.17) is 11.5 Å². The average molecular weight is 479 g/mol. The number of carbonyl (C=O) groups is 3. The molecule has 0 spiro atoms. The van der Waals surface area contributed by atoms with Gasteiger partial charge in [-0.2, -0.15) is 0 Å². The summed E-state index contributed by atoms with van der Waals surface area (Å²) in [7, 11) is 0. The zero-order valence-electron chi connectivity index (χ0n) is 20.5. The lowest BCUT2D eigenvalue weighted by Gasteiger charge is -2.26. The fourth-order valence-electron chi connectivity index (χ4n) is 4.03. The molecule has 0 bridgehead atoms. The molecule has 0 radical (unpaired) electrons. The summed E-state index contributed by atoms with van der Waals surface area (Å²) in [6, 6.07) is 14.5. The van der Waals surface area contributed by atoms with Gasteiger partial charge in [0.1, 0.15) is 12.6 Å². The Morgan fingerprint density at radius 3 is 2.54 bits per heavy atom. The Kier molecular flexibility index (Phi) is 8.11. The van der Waals surface area contributed by atoms with Crippen molar-refractivity contribution < 1.29 is 14.4 Å². The van der Waals surface area contributed by atoms with E-state index < -0.39 is 11.9 Å². The van der Waals surface area contributed by atoms with Crippen LogP contribution in [-0.2, 0) is 27.3 Å². The van der Waals surface area contributed by atoms with Crippen LogP contribution in [0.1, 0.15) is 44.7 Å². The van der Waals surface area contributed by atoms with Gasteiger partial charge < -0.3 is 27.0 Å². The Hall–Kier alpha value is -3.88. The first-order chi connectivity index (χ1) is 16.5. The SMILES string of the molecule is CC(C)(C)CC(=O)Nc1cccc(CN2C(=O)C(NC(=O)CN=C(N)N)CCc3ccccc32)c1. The number of rotatable bonds is 7. The summed E-state index contributed by atoms with van der Waals surface area (Å²) in [5.74, 6) is -0.883. The lowest BCUT2D eigenvalue weighted by molar-refractivity contribution is -0.126. The number of guanidine groups is 1. The molecule has 3 amide bonds. The van der Waals surface area contributed by atoms with Crippen LogP contribution in [0.25, 0.3) is 0 Å². The Bertz CT molecular complexity index is 1120. The minimum Gasteiger partial charge on any atom is -0.370 e. The molecule has 2 aromatic carbocycles. The van der Waals surface area contributed by atoms with Gasteiger partial charge in [-0.05, 0) is 47.6 Å². The van der Waals surface area contributed by atoms with Crippen LogP contribution in [0.5, 0.6) is 0 Å². The molecule has 6 N–H and O–H groups in total. The van der Waals surface area contributed by atoms with Crippen molar-refractivity contribution in [3.8, 4) is 0 Å². The van der Waals surface area contributed by atoms with E-state index in [0.717, 1.165) is 16.8 Å². The van der Waals surface area contributed by atoms with Gasteiger partial charge in [0.15, 0.2) is 5.96 Å². The van der Waals surface area contributed by atoms with Crippen LogP contribution < -0.4 is 27.0 Å². The molecule has 0 aromatic heterocycles. The van der Waals surface area contributed by atoms with Crippen molar-refractivity contribution in [2.45, 2.75) is 52.6 Å². The molecule has 9 nitrogen and oxygen atoms in total. The van der Waals surface area contributed by atoms with Crippen molar-refractivity contribution in [2.75, 3.05) is 16.8 Å². The number of amides is 3. The van der Waals surface area contributed by atoms with E-state index in [1.807, 2.05) is 69.3 Å². The predicted molar refractivity (Wildman–Crippen MR) is 138 cm³/mol. The van der Waals surface area contributed by atoms with E-state index in [9.17, 15) is 14.4 Å². The second-order valence-corrected chi connectivity index (χ2v) is 9.94. The molecule has 0 saturated heterocycles. The van der Waals surface area contributed by atoms with E-state index in [1.165, 1.54) is 0 Å². The van der Waals surface area contributed by atoms with Gasteiger partial charge in [-0.3, -0.25) is 14.4 Å². The van der Waals surface area contributed by atoms with Gasteiger partial charge in [-0.25, -0.2) is 4.99 Å². The van der Waals surface area contributed by atoms with Crippen molar-refractivity contribution in [2.24, 2.45) is 21.9 Å². The number of hydrogen-bond donors (Lipinski definition) is 4. The highest BCUT2D eigenvalue weighted by molar-refractivity contribution is 6.00. The summed E-state index contributed by atoms with van der Waals surface area (Å²) >= 11 is 0. The number of benzene rings is 2. The van der Waals surface area contributed by atoms with Crippen LogP contribution in [0.4, 0.5) is 11.4 Å². The largest absolute Gasteiger partial charge is 0.370 e. The lowest BCUT2D eigenvalue weighted by atomic mass is 9.92. The number of fused-ring (bicyclic) bond motifs is 1. The number of nitrogens with one attached hydrogen (secondary N) is 2. The number of nitrogens with zero attached hydrogens (tertiary/aromatic N) is 2. The third kappa shape index (κ3) is 7.56. The van der Waals surface area contributed by atoms with Crippen molar-refractivity contribution >= 4 is 35.1 Å². The van der Waals surface area contributed by atoms with Crippen LogP contribution in [0, 0.1) is 5.41 Å². The summed E-state index contributed by atoms with van der Waals surface area (Å²) < 4.78 is 0. The third-order valence-electron chi connectivity index (χ3n) is 5.53. The molecule has 0 fully saturated rings. The summed E-state index contributed by atoms with van der Waals surface area (Å²) in [4.78, 5) is 43.7. The molecule has 0 saturated carbocycles. The van der Waals surface area contributed by atoms with E-state index in [2.05, 4.69) is 15.6 Å². The quantitative estimate of drug-likeness (QED) is 0.357. The number of para-hydroxylation sites is 1. The maximum atomic E-state index is 13.6. The van der Waals surface area contributed by atoms with E-state index in [1.54, 1.807) is 4.90 Å². The van der Waals surface area contributed by atoms with Gasteiger partial charge in [0, 0.05) is 17.8 Å². The second-order valence-electron chi connectivity index (χ2n) is 9.94. The molecule has 35 heavy (non-hydrogen) atoms. The highest BCUT2D eigenvalue weighted by atomic mass is 16.2. The molecule has 1 aliphatic heterocycles. The topological polar surface area (TPSA) is 143 Å². The molecule has 1 unspecified atom stereocenters. The minimum atomic E-state index is -0.709. The first-order valence-electron chi connectivity index (χ1n) is 11.6. The number of aryl methyl sites for hydroxylation is 1. The molecule has 9 heteroatoms. The third-order valence-corrected chi connectivity index (χ3v) is 5.53. The maximum absolute atomic E-state index is 13.6. The van der Waals surface area contributed by atoms with E-state index in [0.29, 0.717) is 31.5 Å². The molecule has 1 atom stereocenters. The Labute approximate surface area is 206 Å². The van der Waals surface area contributed by atoms with Gasteiger partial charge in [-0.15, -0.1) is 0 Å². The van der Waals surface area contributed by atoms with Gasteiger partial charge >= 0.3 is 0 Å². The standard InChI is InChI=1S/C26H34N6O3/c1-26(2,3)14-22(33)30-19-9-6-7-17(13-19)16-32-21-10-5-4-8-18(21)11-12-20(24(32)35)31-23(34)15-29-25(27)28/h4-10,13,20H,11-12,14-16H2,1-3H3,(H,30,33)(H,31,34)(H4,27,28,29). The first kappa shape index (κ1) is 25.7. The highest BCUT2D eigenvalue weighted by Crippen LogP contribution is 2.29. The summed E-state index contributed by atoms with van der Waals surface area (Å²) in [5.41, 5.74) is 13.9. The fourth-order valence-corrected chi connectivity index (χ4v) is 4.03. The zero-order chi connectivity index (χ0) is 25.6. The average Bonchev–Trinajstić information content (AvgIpc) is 2.89. The van der Waals surface area contributed by atoms with Crippen molar-refractivity contribution in [1.82, 2.24) is 5.32 Å². The number of anilines is 2. The minimum absolute atomic E-state index is 0.0607. The molecule has 186 valence electrons. The van der Waals surface area contributed by atoms with Crippen LogP contribution >= 0.6 is 0 Å². The molecule has 2 aromatic rings. The Morgan fingerprint density at radius 2 is 1.83 bits per heavy atom. The number of carbonyl (C=O) groups excluding carboxylic acids is 3. The number of hydrogen-bond acceptors (Lipinski definition) is 4. The highest BCUT2D eigenvalue weighted by Gasteiger charge is 2.31. The van der Waals surface area contributed by atoms with E-state index in [-0.39, 0.29) is 29.7 Å². The Balaban J connectivity index is 1.81. The summed E-state index contributed by atoms with van der Waals surface area (Å²) in [6.45, 7) is 6.09. The zero-order valence-corrected chi connectivity index (χ0v) is 20.5. The van der Waals surface area contributed by atoms with Gasteiger partial charge in [0.05, 0.1) is 6.54 Å². The predicted octanol–water partition coefficient (Wildman–Crippen LogP) is 2.30. The van der Waals surface area contributed by atoms with Crippen LogP contribution in [0.3, 0.4) is 0 Å². The fraction of sp³-hybridized carbons (Fsp3) is 0.385. The Morgan fingerprint density at radius 1 is 1.09 bits per heavy atom. The van der Waals surface area contributed by atoms with E-state index >= 15 is 0 Å². The second kappa shape index (κ2) is 11.0. The smallest absolute Gasteiger partial charge is 0.249 e. The van der Waals surface area contributed by atoms with Crippen molar-refractivity contribution in [1.29, 1.82) is 0 Å². The van der Waals surface area contributed by atoms with Crippen molar-refractivity contribution in [3.63, 3.8) is 0 Å². The van der Waals surface area contributed by atoms with Crippen LogP contribution in [0.15, 0.2) is 53.5 Å². The normalized spacial score (nSPS) is 15.6. The summed E-state index contributed by atoms with van der Waals surface area (Å²) in [5, 5.41) is 5.71. The lowest BCUT2D eigenvalue weighted by Crippen LogP contribution is -2.48. The van der Waals surface area contributed by atoms with Gasteiger partial charge in [0.25, 0.3) is 0 Å². The molecule has 3 rings (SSSR count). The summed E-state index contributed by atoms with van der Waals surface area (Å²) in [6.07, 6.45) is 1.49. The van der Waals surface area contributed by atoms with Crippen molar-refractivity contribution in [3.05, 3.63) is 59.7 Å². The first-order valence-corrected chi connectivity index (χ1v) is 11.6. The number of aliphatic imine (C=N–C) groups is 1. The number of nitrogens with two attached hydrogens (primary N) is 2. The van der Waals surface area contributed by atoms with Gasteiger partial charge in [0.2, 0.25) is 17.7 Å². The van der Waals surface area contributed by atoms with Crippen LogP contribution in [-0.4, -0.2) is 36.3 Å². The molecular weight excluding hydrogens is 444 g/mol. The molecular formula is C26H34N6O3. The van der Waals surface area contributed by atoms with Crippen LogP contribution in [0.2, 0.25) is 0 Å². The molecule has 1 heterocycles. The molecule has 1 aliphatic rings. The molecule has 0 aliphatic carbocycles.